The van der Waals surface area contributed by atoms with Crippen molar-refractivity contribution in [2.45, 2.75) is 25.6 Å². The number of hydrogen-bond donors (Lipinski definition) is 1. The average molecular weight is 372 g/mol. The molecule has 2 aromatic carbocycles. The number of hydrogen-bond acceptors (Lipinski definition) is 3. The first-order chi connectivity index (χ1) is 11.1. The van der Waals surface area contributed by atoms with Crippen LogP contribution in [0.15, 0.2) is 65.4 Å². The van der Waals surface area contributed by atoms with Crippen LogP contribution in [-0.2, 0) is 0 Å². The van der Waals surface area contributed by atoms with Crippen LogP contribution in [0.3, 0.4) is 0 Å². The number of aliphatic hydroxyl groups excluding tert-OH is 1. The van der Waals surface area contributed by atoms with Crippen molar-refractivity contribution in [3.05, 3.63) is 71.0 Å². The molecule has 0 saturated carbocycles. The third-order valence-corrected chi connectivity index (χ3v) is 4.16. The molecule has 4 heteroatoms. The van der Waals surface area contributed by atoms with Gasteiger partial charge in [-0.05, 0) is 48.0 Å². The number of pyridine rings is 1. The molecule has 3 aromatic rings. The quantitative estimate of drug-likeness (QED) is 0.694. The first kappa shape index (κ1) is 16.0. The molecule has 0 aliphatic rings. The van der Waals surface area contributed by atoms with Crippen LogP contribution in [0.5, 0.6) is 5.75 Å². The predicted molar refractivity (Wildman–Crippen MR) is 95.6 cm³/mol. The summed E-state index contributed by atoms with van der Waals surface area (Å²) in [4.78, 5) is 4.15. The molecular weight excluding hydrogens is 354 g/mol. The van der Waals surface area contributed by atoms with E-state index < -0.39 is 6.10 Å². The number of nitrogens with zero attached hydrogens (tertiary/aromatic N) is 1. The van der Waals surface area contributed by atoms with Gasteiger partial charge in [-0.3, -0.25) is 4.98 Å². The largest absolute Gasteiger partial charge is 0.486 e. The number of halogens is 1. The van der Waals surface area contributed by atoms with Crippen molar-refractivity contribution in [1.29, 1.82) is 0 Å². The van der Waals surface area contributed by atoms with E-state index in [1.54, 1.807) is 19.3 Å². The van der Waals surface area contributed by atoms with Crippen LogP contribution < -0.4 is 4.74 Å². The molecule has 3 rings (SSSR count). The predicted octanol–water partition coefficient (Wildman–Crippen LogP) is 4.89. The third-order valence-electron chi connectivity index (χ3n) is 3.66. The van der Waals surface area contributed by atoms with Gasteiger partial charge in [0.1, 0.15) is 11.9 Å². The van der Waals surface area contributed by atoms with Gasteiger partial charge in [0.2, 0.25) is 0 Å². The second-order valence-electron chi connectivity index (χ2n) is 5.63. The van der Waals surface area contributed by atoms with Gasteiger partial charge in [0.25, 0.3) is 0 Å². The molecule has 118 valence electrons. The summed E-state index contributed by atoms with van der Waals surface area (Å²) in [5.41, 5.74) is 0.962. The van der Waals surface area contributed by atoms with Crippen LogP contribution in [0.1, 0.15) is 25.0 Å². The minimum atomic E-state index is -0.448. The number of benzene rings is 2. The topological polar surface area (TPSA) is 42.4 Å². The molecule has 0 bridgehead atoms. The van der Waals surface area contributed by atoms with Gasteiger partial charge < -0.3 is 9.84 Å². The minimum Gasteiger partial charge on any atom is -0.486 e. The number of aromatic nitrogens is 1. The summed E-state index contributed by atoms with van der Waals surface area (Å²) in [6, 6.07) is 16.0. The molecule has 1 heterocycles. The van der Waals surface area contributed by atoms with E-state index in [9.17, 15) is 5.11 Å². The first-order valence-electron chi connectivity index (χ1n) is 7.56. The van der Waals surface area contributed by atoms with Crippen LogP contribution in [0, 0.1) is 0 Å². The van der Waals surface area contributed by atoms with E-state index in [2.05, 4.69) is 33.0 Å². The zero-order chi connectivity index (χ0) is 16.2. The van der Waals surface area contributed by atoms with Gasteiger partial charge in [-0.15, -0.1) is 0 Å². The Morgan fingerprint density at radius 1 is 1.13 bits per heavy atom. The molecule has 0 spiro atoms. The van der Waals surface area contributed by atoms with Gasteiger partial charge in [-0.2, -0.15) is 0 Å². The molecule has 0 radical (unpaired) electrons. The zero-order valence-corrected chi connectivity index (χ0v) is 14.4. The normalized spacial score (nSPS) is 13.7. The highest BCUT2D eigenvalue weighted by molar-refractivity contribution is 9.10. The van der Waals surface area contributed by atoms with Crippen molar-refractivity contribution in [3.63, 3.8) is 0 Å². The Balaban J connectivity index is 1.88. The van der Waals surface area contributed by atoms with Crippen LogP contribution in [0.25, 0.3) is 10.8 Å². The van der Waals surface area contributed by atoms with Crippen molar-refractivity contribution in [2.24, 2.45) is 0 Å². The van der Waals surface area contributed by atoms with E-state index in [1.807, 2.05) is 36.4 Å². The molecule has 1 aromatic heterocycles. The maximum Gasteiger partial charge on any atom is 0.128 e. The summed E-state index contributed by atoms with van der Waals surface area (Å²) in [5, 5.41) is 12.0. The molecule has 2 atom stereocenters. The molecule has 0 aliphatic heterocycles. The summed E-state index contributed by atoms with van der Waals surface area (Å²) < 4.78 is 7.19. The van der Waals surface area contributed by atoms with Gasteiger partial charge in [0.05, 0.1) is 6.10 Å². The first-order valence-corrected chi connectivity index (χ1v) is 8.35. The van der Waals surface area contributed by atoms with Crippen molar-refractivity contribution in [3.8, 4) is 5.75 Å². The molecule has 1 N–H and O–H groups in total. The average Bonchev–Trinajstić information content (AvgIpc) is 2.55. The highest BCUT2D eigenvalue weighted by atomic mass is 79.9. The second-order valence-corrected chi connectivity index (χ2v) is 6.55. The summed E-state index contributed by atoms with van der Waals surface area (Å²) in [5.74, 6) is 0.786. The molecule has 0 amide bonds. The molecule has 3 nitrogen and oxygen atoms in total. The van der Waals surface area contributed by atoms with Gasteiger partial charge in [0, 0.05) is 28.9 Å². The Labute approximate surface area is 144 Å². The lowest BCUT2D eigenvalue weighted by Crippen LogP contribution is -2.14. The van der Waals surface area contributed by atoms with E-state index in [0.29, 0.717) is 6.42 Å². The highest BCUT2D eigenvalue weighted by Gasteiger charge is 2.16. The lowest BCUT2D eigenvalue weighted by molar-refractivity contribution is 0.106. The van der Waals surface area contributed by atoms with Crippen LogP contribution in [-0.4, -0.2) is 16.2 Å². The van der Waals surface area contributed by atoms with Gasteiger partial charge in [-0.25, -0.2) is 0 Å². The number of fused-ring (bicyclic) bond motifs is 1. The maximum absolute atomic E-state index is 9.76. The fourth-order valence-electron chi connectivity index (χ4n) is 2.56. The molecular formula is C19H18BrNO2. The zero-order valence-electron chi connectivity index (χ0n) is 12.8. The number of ether oxygens (including phenoxy) is 1. The van der Waals surface area contributed by atoms with Crippen molar-refractivity contribution in [2.75, 3.05) is 0 Å². The van der Waals surface area contributed by atoms with Crippen molar-refractivity contribution >= 4 is 26.7 Å². The van der Waals surface area contributed by atoms with Crippen molar-refractivity contribution in [1.82, 2.24) is 4.98 Å². The van der Waals surface area contributed by atoms with Gasteiger partial charge in [0.15, 0.2) is 0 Å². The second kappa shape index (κ2) is 7.11. The standard InChI is InChI=1S/C19H18BrNO2/c1-13(22)9-19(16-3-2-8-21-12-16)23-18-7-5-14-10-17(20)6-4-15(14)11-18/h2-8,10-13,19,22H,9H2,1H3. The number of rotatable bonds is 5. The van der Waals surface area contributed by atoms with Gasteiger partial charge >= 0.3 is 0 Å². The fourth-order valence-corrected chi connectivity index (χ4v) is 2.94. The maximum atomic E-state index is 9.76. The Hall–Kier alpha value is -1.91. The highest BCUT2D eigenvalue weighted by Crippen LogP contribution is 2.29. The smallest absolute Gasteiger partial charge is 0.128 e. The molecule has 0 saturated heterocycles. The lowest BCUT2D eigenvalue weighted by Gasteiger charge is -2.21. The van der Waals surface area contributed by atoms with E-state index >= 15 is 0 Å². The minimum absolute atomic E-state index is 0.225. The Morgan fingerprint density at radius 2 is 1.91 bits per heavy atom. The Kier molecular flexibility index (Phi) is 4.94. The van der Waals surface area contributed by atoms with Crippen LogP contribution in [0.2, 0.25) is 0 Å². The molecule has 2 unspecified atom stereocenters. The molecule has 0 aliphatic carbocycles. The fraction of sp³-hybridized carbons (Fsp3) is 0.211. The van der Waals surface area contributed by atoms with Crippen LogP contribution in [0.4, 0.5) is 0 Å². The van der Waals surface area contributed by atoms with E-state index in [0.717, 1.165) is 26.6 Å². The Morgan fingerprint density at radius 3 is 2.65 bits per heavy atom. The molecule has 23 heavy (non-hydrogen) atoms. The van der Waals surface area contributed by atoms with E-state index in [1.165, 1.54) is 0 Å². The summed E-state index contributed by atoms with van der Waals surface area (Å²) in [6.07, 6.45) is 3.36. The van der Waals surface area contributed by atoms with Crippen molar-refractivity contribution < 1.29 is 9.84 Å². The van der Waals surface area contributed by atoms with Gasteiger partial charge in [-0.1, -0.05) is 34.1 Å². The number of aliphatic hydroxyl groups is 1. The lowest BCUT2D eigenvalue weighted by atomic mass is 10.1. The summed E-state index contributed by atoms with van der Waals surface area (Å²) >= 11 is 3.48. The summed E-state index contributed by atoms with van der Waals surface area (Å²) in [6.45, 7) is 1.77. The third kappa shape index (κ3) is 4.09. The summed E-state index contributed by atoms with van der Waals surface area (Å²) in [7, 11) is 0. The van der Waals surface area contributed by atoms with E-state index in [4.69, 9.17) is 4.74 Å². The van der Waals surface area contributed by atoms with E-state index in [-0.39, 0.29) is 6.10 Å². The molecule has 0 fully saturated rings. The SMILES string of the molecule is CC(O)CC(Oc1ccc2cc(Br)ccc2c1)c1cccnc1. The van der Waals surface area contributed by atoms with Crippen LogP contribution >= 0.6 is 15.9 Å². The Bertz CT molecular complexity index is 790. The monoisotopic (exact) mass is 371 g/mol.